The number of nitrogens with zero attached hydrogens (tertiary/aromatic N) is 1. The van der Waals surface area contributed by atoms with Gasteiger partial charge in [0.2, 0.25) is 0 Å². The lowest BCUT2D eigenvalue weighted by Crippen LogP contribution is -2.34. The number of rotatable bonds is 7. The van der Waals surface area contributed by atoms with Gasteiger partial charge < -0.3 is 14.4 Å². The van der Waals surface area contributed by atoms with Gasteiger partial charge in [0, 0.05) is 19.2 Å². The molecule has 2 aromatic rings. The molecule has 1 atom stereocenters. The highest BCUT2D eigenvalue weighted by Crippen LogP contribution is 2.35. The number of carbonyl (C=O) groups is 1. The molecule has 1 amide bonds. The van der Waals surface area contributed by atoms with E-state index in [1.807, 2.05) is 24.3 Å². The maximum atomic E-state index is 13.4. The number of alkyl halides is 3. The number of hydrogen-bond donors (Lipinski definition) is 0. The smallest absolute Gasteiger partial charge is 0.417 e. The van der Waals surface area contributed by atoms with Crippen LogP contribution in [0.1, 0.15) is 47.2 Å². The standard InChI is InChI=1S/C23H24F3NO3/c24-23(25,26)21-9-2-1-8-20(21)22(28)27(17-10-11-17)14-16-5-3-6-18(13-16)30-15-19-7-4-12-29-19/h1-3,5-6,8-9,13,17,19H,4,7,10-12,14-15H2. The molecule has 160 valence electrons. The first-order chi connectivity index (χ1) is 14.4. The predicted molar refractivity (Wildman–Crippen MR) is 105 cm³/mol. The van der Waals surface area contributed by atoms with Crippen LogP contribution in [-0.4, -0.2) is 36.2 Å². The van der Waals surface area contributed by atoms with Crippen LogP contribution in [0, 0.1) is 0 Å². The minimum atomic E-state index is -4.57. The molecule has 30 heavy (non-hydrogen) atoms. The van der Waals surface area contributed by atoms with Gasteiger partial charge in [-0.05, 0) is 55.5 Å². The number of ether oxygens (including phenoxy) is 2. The highest BCUT2D eigenvalue weighted by molar-refractivity contribution is 5.96. The van der Waals surface area contributed by atoms with Crippen molar-refractivity contribution in [3.05, 3.63) is 65.2 Å². The fraction of sp³-hybridized carbons (Fsp3) is 0.435. The van der Waals surface area contributed by atoms with Crippen molar-refractivity contribution >= 4 is 5.91 Å². The summed E-state index contributed by atoms with van der Waals surface area (Å²) in [6, 6.07) is 12.3. The number of carbonyl (C=O) groups excluding carboxylic acids is 1. The molecule has 1 aliphatic heterocycles. The van der Waals surface area contributed by atoms with E-state index in [1.54, 1.807) is 4.90 Å². The van der Waals surface area contributed by atoms with Crippen LogP contribution < -0.4 is 4.74 Å². The molecular weight excluding hydrogens is 395 g/mol. The molecule has 0 spiro atoms. The third kappa shape index (κ3) is 4.95. The minimum absolute atomic E-state index is 0.0322. The van der Waals surface area contributed by atoms with Gasteiger partial charge in [-0.3, -0.25) is 4.79 Å². The summed E-state index contributed by atoms with van der Waals surface area (Å²) in [4.78, 5) is 14.6. The van der Waals surface area contributed by atoms with Crippen LogP contribution in [0.4, 0.5) is 13.2 Å². The monoisotopic (exact) mass is 419 g/mol. The van der Waals surface area contributed by atoms with Crippen molar-refractivity contribution in [2.45, 2.75) is 50.6 Å². The first kappa shape index (κ1) is 20.7. The molecule has 1 saturated heterocycles. The Bertz CT molecular complexity index is 889. The SMILES string of the molecule is O=C(c1ccccc1C(F)(F)F)N(Cc1cccc(OCC2CCCO2)c1)C1CC1. The fourth-order valence-corrected chi connectivity index (χ4v) is 3.72. The lowest BCUT2D eigenvalue weighted by Gasteiger charge is -2.24. The van der Waals surface area contributed by atoms with Crippen molar-refractivity contribution in [1.82, 2.24) is 4.90 Å². The zero-order valence-electron chi connectivity index (χ0n) is 16.5. The van der Waals surface area contributed by atoms with Gasteiger partial charge in [-0.2, -0.15) is 13.2 Å². The Kier molecular flexibility index (Phi) is 5.99. The van der Waals surface area contributed by atoms with Gasteiger partial charge in [0.1, 0.15) is 12.4 Å². The molecular formula is C23H24F3NO3. The van der Waals surface area contributed by atoms with E-state index in [1.165, 1.54) is 18.2 Å². The molecule has 2 fully saturated rings. The first-order valence-corrected chi connectivity index (χ1v) is 10.2. The summed E-state index contributed by atoms with van der Waals surface area (Å²) < 4.78 is 51.5. The molecule has 1 saturated carbocycles. The normalized spacial score (nSPS) is 19.0. The number of amides is 1. The molecule has 0 aromatic heterocycles. The third-order valence-corrected chi connectivity index (χ3v) is 5.42. The summed E-state index contributed by atoms with van der Waals surface area (Å²) in [5.74, 6) is 0.0815. The summed E-state index contributed by atoms with van der Waals surface area (Å²) >= 11 is 0. The second kappa shape index (κ2) is 8.68. The quantitative estimate of drug-likeness (QED) is 0.629. The Balaban J connectivity index is 1.49. The summed E-state index contributed by atoms with van der Waals surface area (Å²) in [5, 5.41) is 0. The molecule has 1 aliphatic carbocycles. The molecule has 2 aliphatic rings. The van der Waals surface area contributed by atoms with Crippen molar-refractivity contribution < 1.29 is 27.4 Å². The maximum Gasteiger partial charge on any atom is 0.417 e. The Morgan fingerprint density at radius 2 is 1.90 bits per heavy atom. The highest BCUT2D eigenvalue weighted by Gasteiger charge is 2.39. The van der Waals surface area contributed by atoms with Crippen LogP contribution in [-0.2, 0) is 17.5 Å². The Labute approximate surface area is 173 Å². The van der Waals surface area contributed by atoms with Crippen molar-refractivity contribution in [2.75, 3.05) is 13.2 Å². The molecule has 1 heterocycles. The van der Waals surface area contributed by atoms with E-state index >= 15 is 0 Å². The topological polar surface area (TPSA) is 38.8 Å². The van der Waals surface area contributed by atoms with Crippen LogP contribution in [0.2, 0.25) is 0 Å². The van der Waals surface area contributed by atoms with Crippen LogP contribution in [0.25, 0.3) is 0 Å². The van der Waals surface area contributed by atoms with E-state index in [-0.39, 0.29) is 24.3 Å². The first-order valence-electron chi connectivity index (χ1n) is 10.2. The molecule has 4 rings (SSSR count). The molecule has 0 bridgehead atoms. The van der Waals surface area contributed by atoms with Gasteiger partial charge in [0.05, 0.1) is 17.2 Å². The van der Waals surface area contributed by atoms with E-state index in [0.717, 1.165) is 43.9 Å². The van der Waals surface area contributed by atoms with Gasteiger partial charge in [0.25, 0.3) is 5.91 Å². The van der Waals surface area contributed by atoms with Crippen LogP contribution in [0.15, 0.2) is 48.5 Å². The molecule has 1 unspecified atom stereocenters. The summed E-state index contributed by atoms with van der Waals surface area (Å²) in [5.41, 5.74) is -0.374. The van der Waals surface area contributed by atoms with Crippen molar-refractivity contribution in [3.8, 4) is 5.75 Å². The Morgan fingerprint density at radius 1 is 1.10 bits per heavy atom. The van der Waals surface area contributed by atoms with Crippen molar-refractivity contribution in [3.63, 3.8) is 0 Å². The minimum Gasteiger partial charge on any atom is -0.491 e. The summed E-state index contributed by atoms with van der Waals surface area (Å²) in [6.45, 7) is 1.46. The van der Waals surface area contributed by atoms with Crippen molar-refractivity contribution in [1.29, 1.82) is 0 Å². The number of benzene rings is 2. The van der Waals surface area contributed by atoms with Gasteiger partial charge in [-0.15, -0.1) is 0 Å². The number of halogens is 3. The fourth-order valence-electron chi connectivity index (χ4n) is 3.72. The average Bonchev–Trinajstić information content (AvgIpc) is 3.44. The molecule has 2 aromatic carbocycles. The molecule has 0 N–H and O–H groups in total. The lowest BCUT2D eigenvalue weighted by atomic mass is 10.1. The van der Waals surface area contributed by atoms with Crippen LogP contribution in [0.3, 0.4) is 0 Å². The summed E-state index contributed by atoms with van der Waals surface area (Å²) in [7, 11) is 0. The Hall–Kier alpha value is -2.54. The maximum absolute atomic E-state index is 13.4. The van der Waals surface area contributed by atoms with Gasteiger partial charge >= 0.3 is 6.18 Å². The van der Waals surface area contributed by atoms with Gasteiger partial charge in [-0.1, -0.05) is 24.3 Å². The highest BCUT2D eigenvalue weighted by atomic mass is 19.4. The van der Waals surface area contributed by atoms with Crippen LogP contribution >= 0.6 is 0 Å². The van der Waals surface area contributed by atoms with E-state index in [9.17, 15) is 18.0 Å². The van der Waals surface area contributed by atoms with E-state index in [2.05, 4.69) is 0 Å². The second-order valence-corrected chi connectivity index (χ2v) is 7.80. The largest absolute Gasteiger partial charge is 0.491 e. The van der Waals surface area contributed by atoms with Gasteiger partial charge in [0.15, 0.2) is 0 Å². The van der Waals surface area contributed by atoms with E-state index in [0.29, 0.717) is 12.4 Å². The molecule has 4 nitrogen and oxygen atoms in total. The zero-order chi connectivity index (χ0) is 21.1. The van der Waals surface area contributed by atoms with Crippen LogP contribution in [0.5, 0.6) is 5.75 Å². The predicted octanol–water partition coefficient (Wildman–Crippen LogP) is 5.07. The zero-order valence-corrected chi connectivity index (χ0v) is 16.5. The average molecular weight is 419 g/mol. The van der Waals surface area contributed by atoms with Gasteiger partial charge in [-0.25, -0.2) is 0 Å². The number of hydrogen-bond acceptors (Lipinski definition) is 3. The lowest BCUT2D eigenvalue weighted by molar-refractivity contribution is -0.138. The Morgan fingerprint density at radius 3 is 2.60 bits per heavy atom. The van der Waals surface area contributed by atoms with E-state index in [4.69, 9.17) is 9.47 Å². The molecule has 0 radical (unpaired) electrons. The summed E-state index contributed by atoms with van der Waals surface area (Å²) in [6.07, 6.45) is -0.868. The second-order valence-electron chi connectivity index (χ2n) is 7.80. The van der Waals surface area contributed by atoms with Crippen molar-refractivity contribution in [2.24, 2.45) is 0 Å². The molecule has 7 heteroatoms. The van der Waals surface area contributed by atoms with E-state index < -0.39 is 17.6 Å². The third-order valence-electron chi connectivity index (χ3n) is 5.42.